The predicted octanol–water partition coefficient (Wildman–Crippen LogP) is 1.17. The van der Waals surface area contributed by atoms with Gasteiger partial charge >= 0.3 is 0 Å². The first-order chi connectivity index (χ1) is 9.22. The van der Waals surface area contributed by atoms with Gasteiger partial charge in [-0.05, 0) is 24.3 Å². The van der Waals surface area contributed by atoms with Gasteiger partial charge in [0.15, 0.2) is 5.17 Å². The molecule has 0 aliphatic rings. The molecule has 0 atom stereocenters. The Balaban J connectivity index is 2.07. The van der Waals surface area contributed by atoms with E-state index in [9.17, 15) is 0 Å². The van der Waals surface area contributed by atoms with Crippen molar-refractivity contribution in [1.29, 1.82) is 0 Å². The second-order valence-corrected chi connectivity index (χ2v) is 4.49. The number of methoxy groups -OCH3 is 1. The molecule has 7 nitrogen and oxygen atoms in total. The monoisotopic (exact) mass is 279 g/mol. The van der Waals surface area contributed by atoms with E-state index < -0.39 is 0 Å². The molecule has 1 aromatic heterocycles. The zero-order chi connectivity index (χ0) is 13.7. The van der Waals surface area contributed by atoms with Gasteiger partial charge in [0.1, 0.15) is 5.75 Å². The minimum Gasteiger partial charge on any atom is -0.497 e. The molecule has 100 valence electrons. The summed E-state index contributed by atoms with van der Waals surface area (Å²) in [6, 6.07) is 7.38. The number of hydrogen-bond donors (Lipinski definition) is 2. The van der Waals surface area contributed by atoms with Crippen LogP contribution < -0.4 is 16.3 Å². The van der Waals surface area contributed by atoms with Crippen molar-refractivity contribution in [2.24, 2.45) is 16.7 Å². The Labute approximate surface area is 114 Å². The SMILES string of the molecule is COc1ccc(-c2noc(CSC(N)=NN)n2)cc1. The van der Waals surface area contributed by atoms with Crippen molar-refractivity contribution in [2.45, 2.75) is 5.75 Å². The van der Waals surface area contributed by atoms with Crippen molar-refractivity contribution in [3.63, 3.8) is 0 Å². The van der Waals surface area contributed by atoms with Crippen LogP contribution >= 0.6 is 11.8 Å². The summed E-state index contributed by atoms with van der Waals surface area (Å²) in [7, 11) is 1.61. The molecule has 0 saturated heterocycles. The third-order valence-corrected chi connectivity index (χ3v) is 3.08. The van der Waals surface area contributed by atoms with Crippen LogP contribution in [0.2, 0.25) is 0 Å². The van der Waals surface area contributed by atoms with Crippen LogP contribution in [0.1, 0.15) is 5.89 Å². The van der Waals surface area contributed by atoms with E-state index in [0.717, 1.165) is 11.3 Å². The van der Waals surface area contributed by atoms with Crippen LogP contribution in [-0.2, 0) is 5.75 Å². The van der Waals surface area contributed by atoms with E-state index in [1.54, 1.807) is 7.11 Å². The number of hydrogen-bond acceptors (Lipinski definition) is 7. The lowest BCUT2D eigenvalue weighted by molar-refractivity contribution is 0.392. The summed E-state index contributed by atoms with van der Waals surface area (Å²) >= 11 is 1.23. The zero-order valence-electron chi connectivity index (χ0n) is 10.2. The number of nitrogens with two attached hydrogens (primary N) is 2. The number of rotatable bonds is 4. The van der Waals surface area contributed by atoms with Gasteiger partial charge in [-0.3, -0.25) is 0 Å². The lowest BCUT2D eigenvalue weighted by Crippen LogP contribution is -2.09. The molecule has 2 rings (SSSR count). The quantitative estimate of drug-likeness (QED) is 0.374. The highest BCUT2D eigenvalue weighted by Crippen LogP contribution is 2.20. The summed E-state index contributed by atoms with van der Waals surface area (Å²) in [5.41, 5.74) is 6.30. The Hall–Kier alpha value is -2.22. The van der Waals surface area contributed by atoms with Crippen LogP contribution in [0.4, 0.5) is 0 Å². The van der Waals surface area contributed by atoms with Crippen LogP contribution in [0.15, 0.2) is 33.9 Å². The number of ether oxygens (including phenoxy) is 1. The van der Waals surface area contributed by atoms with Crippen LogP contribution in [0.25, 0.3) is 11.4 Å². The summed E-state index contributed by atoms with van der Waals surface area (Å²) in [5, 5.41) is 7.50. The topological polar surface area (TPSA) is 113 Å². The first-order valence-corrected chi connectivity index (χ1v) is 6.34. The van der Waals surface area contributed by atoms with E-state index in [1.807, 2.05) is 24.3 Å². The second-order valence-electron chi connectivity index (χ2n) is 3.50. The van der Waals surface area contributed by atoms with Gasteiger partial charge in [-0.15, -0.1) is 0 Å². The molecule has 0 unspecified atom stereocenters. The van der Waals surface area contributed by atoms with Crippen molar-refractivity contribution in [1.82, 2.24) is 10.1 Å². The number of benzene rings is 1. The number of amidine groups is 1. The Bertz CT molecular complexity index is 567. The molecule has 1 aromatic carbocycles. The molecule has 0 amide bonds. The van der Waals surface area contributed by atoms with Gasteiger partial charge < -0.3 is 20.8 Å². The second kappa shape index (κ2) is 6.10. The lowest BCUT2D eigenvalue weighted by atomic mass is 10.2. The standard InChI is InChI=1S/C11H13N5O2S/c1-17-8-4-2-7(3-5-8)10-14-9(18-16-10)6-19-11(12)15-13/h2-5H,6,13H2,1H3,(H2,12,15). The summed E-state index contributed by atoms with van der Waals surface area (Å²) in [6.07, 6.45) is 0. The molecule has 0 aliphatic carbocycles. The van der Waals surface area contributed by atoms with E-state index in [2.05, 4.69) is 15.2 Å². The molecule has 1 heterocycles. The van der Waals surface area contributed by atoms with Gasteiger partial charge in [0.2, 0.25) is 11.7 Å². The largest absolute Gasteiger partial charge is 0.497 e. The van der Waals surface area contributed by atoms with E-state index in [4.69, 9.17) is 20.8 Å². The fraction of sp³-hybridized carbons (Fsp3) is 0.182. The molecule has 0 radical (unpaired) electrons. The fourth-order valence-corrected chi connectivity index (χ4v) is 1.81. The Kier molecular flexibility index (Phi) is 4.24. The average Bonchev–Trinajstić information content (AvgIpc) is 2.93. The van der Waals surface area contributed by atoms with Gasteiger partial charge in [0.25, 0.3) is 0 Å². The molecule has 19 heavy (non-hydrogen) atoms. The minimum absolute atomic E-state index is 0.268. The van der Waals surface area contributed by atoms with Crippen LogP contribution in [-0.4, -0.2) is 22.4 Å². The molecule has 0 fully saturated rings. The van der Waals surface area contributed by atoms with Crippen LogP contribution in [0.3, 0.4) is 0 Å². The molecule has 2 aromatic rings. The molecule has 0 bridgehead atoms. The van der Waals surface area contributed by atoms with E-state index in [0.29, 0.717) is 17.5 Å². The van der Waals surface area contributed by atoms with Gasteiger partial charge in [-0.25, -0.2) is 0 Å². The average molecular weight is 279 g/mol. The molecular weight excluding hydrogens is 266 g/mol. The normalized spacial score (nSPS) is 11.5. The molecule has 4 N–H and O–H groups in total. The smallest absolute Gasteiger partial charge is 0.237 e. The molecule has 0 saturated carbocycles. The molecule has 0 aliphatic heterocycles. The predicted molar refractivity (Wildman–Crippen MR) is 73.4 cm³/mol. The highest BCUT2D eigenvalue weighted by Gasteiger charge is 2.09. The van der Waals surface area contributed by atoms with Crippen molar-refractivity contribution >= 4 is 16.9 Å². The fourth-order valence-electron chi connectivity index (χ4n) is 1.34. The maximum absolute atomic E-state index is 5.45. The number of nitrogens with zero attached hydrogens (tertiary/aromatic N) is 3. The zero-order valence-corrected chi connectivity index (χ0v) is 11.1. The highest BCUT2D eigenvalue weighted by atomic mass is 32.2. The van der Waals surface area contributed by atoms with Crippen LogP contribution in [0.5, 0.6) is 5.75 Å². The van der Waals surface area contributed by atoms with Crippen LogP contribution in [0, 0.1) is 0 Å². The van der Waals surface area contributed by atoms with Gasteiger partial charge in [0, 0.05) is 5.56 Å². The molecule has 0 spiro atoms. The van der Waals surface area contributed by atoms with E-state index in [1.165, 1.54) is 11.8 Å². The first-order valence-electron chi connectivity index (χ1n) is 5.36. The molecular formula is C11H13N5O2S. The highest BCUT2D eigenvalue weighted by molar-refractivity contribution is 8.13. The van der Waals surface area contributed by atoms with Crippen molar-refractivity contribution in [2.75, 3.05) is 7.11 Å². The van der Waals surface area contributed by atoms with E-state index >= 15 is 0 Å². The minimum atomic E-state index is 0.268. The Morgan fingerprint density at radius 2 is 2.16 bits per heavy atom. The third kappa shape index (κ3) is 3.38. The third-order valence-electron chi connectivity index (χ3n) is 2.29. The number of aromatic nitrogens is 2. The number of thioether (sulfide) groups is 1. The first kappa shape index (κ1) is 13.2. The number of hydrazone groups is 1. The van der Waals surface area contributed by atoms with Crippen molar-refractivity contribution in [3.8, 4) is 17.1 Å². The van der Waals surface area contributed by atoms with Gasteiger partial charge in [-0.2, -0.15) is 10.1 Å². The van der Waals surface area contributed by atoms with Gasteiger partial charge in [0.05, 0.1) is 12.9 Å². The van der Waals surface area contributed by atoms with Gasteiger partial charge in [-0.1, -0.05) is 16.9 Å². The lowest BCUT2D eigenvalue weighted by Gasteiger charge is -1.98. The Morgan fingerprint density at radius 1 is 1.42 bits per heavy atom. The molecule has 8 heteroatoms. The van der Waals surface area contributed by atoms with E-state index in [-0.39, 0.29) is 5.17 Å². The summed E-state index contributed by atoms with van der Waals surface area (Å²) in [4.78, 5) is 4.25. The maximum atomic E-state index is 5.45. The maximum Gasteiger partial charge on any atom is 0.237 e. The summed E-state index contributed by atoms with van der Waals surface area (Å²) in [6.45, 7) is 0. The summed E-state index contributed by atoms with van der Waals surface area (Å²) in [5.74, 6) is 7.20. The van der Waals surface area contributed by atoms with Crippen molar-refractivity contribution < 1.29 is 9.26 Å². The summed E-state index contributed by atoms with van der Waals surface area (Å²) < 4.78 is 10.2. The Morgan fingerprint density at radius 3 is 2.79 bits per heavy atom. The van der Waals surface area contributed by atoms with Crippen molar-refractivity contribution in [3.05, 3.63) is 30.2 Å².